The average Bonchev–Trinajstić information content (AvgIpc) is 3.44. The zero-order valence-corrected chi connectivity index (χ0v) is 20.8. The first kappa shape index (κ1) is 23.3. The van der Waals surface area contributed by atoms with Gasteiger partial charge in [-0.15, -0.1) is 11.3 Å². The largest absolute Gasteiger partial charge is 0.489 e. The second kappa shape index (κ2) is 9.93. The van der Waals surface area contributed by atoms with Crippen LogP contribution in [-0.4, -0.2) is 49.6 Å². The topological polar surface area (TPSA) is 66.5 Å². The summed E-state index contributed by atoms with van der Waals surface area (Å²) in [6.45, 7) is 4.41. The van der Waals surface area contributed by atoms with E-state index in [1.165, 1.54) is 21.6 Å². The number of carbonyl (C=O) groups excluding carboxylic acids is 1. The zero-order chi connectivity index (χ0) is 23.5. The monoisotopic (exact) mass is 464 g/mol. The van der Waals surface area contributed by atoms with Gasteiger partial charge in [-0.1, -0.05) is 18.2 Å². The molecule has 6 nitrogen and oxygen atoms in total. The Bertz CT molecular complexity index is 1140. The quantitative estimate of drug-likeness (QED) is 0.493. The highest BCUT2D eigenvalue weighted by Crippen LogP contribution is 2.41. The van der Waals surface area contributed by atoms with Gasteiger partial charge in [0.15, 0.2) is 0 Å². The van der Waals surface area contributed by atoms with E-state index in [9.17, 15) is 4.79 Å². The summed E-state index contributed by atoms with van der Waals surface area (Å²) in [4.78, 5) is 19.5. The molecule has 0 spiro atoms. The molecule has 1 heterocycles. The second-order valence-corrected chi connectivity index (χ2v) is 9.82. The lowest BCUT2D eigenvalue weighted by molar-refractivity contribution is -0.127. The third-order valence-corrected chi connectivity index (χ3v) is 6.98. The van der Waals surface area contributed by atoms with Crippen molar-refractivity contribution in [2.45, 2.75) is 38.8 Å². The first-order valence-electron chi connectivity index (χ1n) is 11.4. The van der Waals surface area contributed by atoms with Crippen molar-refractivity contribution in [3.63, 3.8) is 0 Å². The maximum Gasteiger partial charge on any atom is 0.236 e. The molecular weight excluding hydrogens is 432 g/mol. The van der Waals surface area contributed by atoms with Crippen molar-refractivity contribution in [2.24, 2.45) is 0 Å². The highest BCUT2D eigenvalue weighted by molar-refractivity contribution is 7.18. The first-order chi connectivity index (χ1) is 15.9. The fraction of sp³-hybridized carbons (Fsp3) is 0.385. The van der Waals surface area contributed by atoms with Crippen LogP contribution in [0.25, 0.3) is 21.0 Å². The van der Waals surface area contributed by atoms with Crippen LogP contribution >= 0.6 is 11.3 Å². The van der Waals surface area contributed by atoms with E-state index in [1.807, 2.05) is 33.2 Å². The van der Waals surface area contributed by atoms with Crippen LogP contribution in [0.3, 0.4) is 0 Å². The van der Waals surface area contributed by atoms with E-state index in [4.69, 9.17) is 9.72 Å². The standard InChI is InChI=1S/C26H32N4O2S/c1-16(2)32-23-12-9-17(13-22(23)27-3)26-29-14-24(33-26)20-8-6-7-19-18(20)10-11-21(19)28-15-25(31)30(4)5/h6-9,12-14,16,21,27-28H,10-11,15H2,1-5H3. The number of likely N-dealkylation sites (N-methyl/N-ethyl adjacent to an activating group) is 1. The average molecular weight is 465 g/mol. The van der Waals surface area contributed by atoms with Crippen molar-refractivity contribution >= 4 is 22.9 Å². The van der Waals surface area contributed by atoms with Crippen molar-refractivity contribution in [2.75, 3.05) is 33.0 Å². The molecule has 33 heavy (non-hydrogen) atoms. The predicted molar refractivity (Wildman–Crippen MR) is 136 cm³/mol. The summed E-state index contributed by atoms with van der Waals surface area (Å²) in [7, 11) is 5.48. The maximum atomic E-state index is 12.0. The molecule has 1 atom stereocenters. The number of benzene rings is 2. The molecule has 174 valence electrons. The van der Waals surface area contributed by atoms with Gasteiger partial charge in [0.05, 0.1) is 23.2 Å². The Hall–Kier alpha value is -2.90. The molecule has 1 aliphatic carbocycles. The Morgan fingerprint density at radius 2 is 2.09 bits per heavy atom. The van der Waals surface area contributed by atoms with E-state index < -0.39 is 0 Å². The van der Waals surface area contributed by atoms with E-state index in [1.54, 1.807) is 30.3 Å². The van der Waals surface area contributed by atoms with Gasteiger partial charge in [-0.25, -0.2) is 4.98 Å². The second-order valence-electron chi connectivity index (χ2n) is 8.79. The minimum absolute atomic E-state index is 0.0949. The number of fused-ring (bicyclic) bond motifs is 1. The van der Waals surface area contributed by atoms with E-state index in [-0.39, 0.29) is 18.1 Å². The lowest BCUT2D eigenvalue weighted by Gasteiger charge is -2.16. The van der Waals surface area contributed by atoms with Crippen molar-refractivity contribution in [1.29, 1.82) is 0 Å². The molecular formula is C26H32N4O2S. The summed E-state index contributed by atoms with van der Waals surface area (Å²) in [5.74, 6) is 0.942. The molecule has 1 unspecified atom stereocenters. The number of nitrogens with zero attached hydrogens (tertiary/aromatic N) is 2. The fourth-order valence-corrected chi connectivity index (χ4v) is 5.18. The number of hydrogen-bond acceptors (Lipinski definition) is 6. The van der Waals surface area contributed by atoms with Crippen molar-refractivity contribution in [1.82, 2.24) is 15.2 Å². The molecule has 1 aliphatic rings. The molecule has 2 N–H and O–H groups in total. The van der Waals surface area contributed by atoms with Gasteiger partial charge in [0.25, 0.3) is 0 Å². The van der Waals surface area contributed by atoms with Gasteiger partial charge in [-0.2, -0.15) is 0 Å². The van der Waals surface area contributed by atoms with E-state index in [0.717, 1.165) is 34.8 Å². The lowest BCUT2D eigenvalue weighted by atomic mass is 10.0. The molecule has 4 rings (SSSR count). The Balaban J connectivity index is 1.57. The van der Waals surface area contributed by atoms with Crippen LogP contribution in [-0.2, 0) is 11.2 Å². The number of hydrogen-bond donors (Lipinski definition) is 2. The van der Waals surface area contributed by atoms with Crippen LogP contribution in [0.1, 0.15) is 37.4 Å². The van der Waals surface area contributed by atoms with Gasteiger partial charge in [-0.3, -0.25) is 4.79 Å². The Labute approximate surface area is 200 Å². The van der Waals surface area contributed by atoms with E-state index in [2.05, 4.69) is 41.0 Å². The third kappa shape index (κ3) is 5.04. The van der Waals surface area contributed by atoms with Gasteiger partial charge in [-0.05, 0) is 61.6 Å². The molecule has 7 heteroatoms. The van der Waals surface area contributed by atoms with Gasteiger partial charge in [0, 0.05) is 38.9 Å². The highest BCUT2D eigenvalue weighted by atomic mass is 32.1. The minimum atomic E-state index is 0.0949. The van der Waals surface area contributed by atoms with Crippen molar-refractivity contribution in [3.05, 3.63) is 53.7 Å². The number of aromatic nitrogens is 1. The molecule has 0 saturated heterocycles. The molecule has 0 fully saturated rings. The van der Waals surface area contributed by atoms with E-state index >= 15 is 0 Å². The normalized spacial score (nSPS) is 14.9. The SMILES string of the molecule is CNc1cc(-c2ncc(-c3cccc4c3CCC4NCC(=O)N(C)C)s2)ccc1OC(C)C. The number of nitrogens with one attached hydrogen (secondary N) is 2. The summed E-state index contributed by atoms with van der Waals surface area (Å²) in [5, 5.41) is 7.66. The van der Waals surface area contributed by atoms with Gasteiger partial charge >= 0.3 is 0 Å². The molecule has 0 radical (unpaired) electrons. The summed E-state index contributed by atoms with van der Waals surface area (Å²) in [5.41, 5.74) is 5.93. The third-order valence-electron chi connectivity index (χ3n) is 5.90. The van der Waals surface area contributed by atoms with E-state index in [0.29, 0.717) is 6.54 Å². The van der Waals surface area contributed by atoms with Gasteiger partial charge in [0.2, 0.25) is 5.91 Å². The number of rotatable bonds is 8. The summed E-state index contributed by atoms with van der Waals surface area (Å²) >= 11 is 1.71. The van der Waals surface area contributed by atoms with Gasteiger partial charge in [0.1, 0.15) is 10.8 Å². The van der Waals surface area contributed by atoms with Crippen LogP contribution in [0.4, 0.5) is 5.69 Å². The fourth-order valence-electron chi connectivity index (χ4n) is 4.21. The smallest absolute Gasteiger partial charge is 0.236 e. The van der Waals surface area contributed by atoms with Crippen LogP contribution in [0.5, 0.6) is 5.75 Å². The zero-order valence-electron chi connectivity index (χ0n) is 19.9. The molecule has 0 aliphatic heterocycles. The van der Waals surface area contributed by atoms with Crippen LogP contribution in [0, 0.1) is 0 Å². The minimum Gasteiger partial charge on any atom is -0.489 e. The molecule has 1 aromatic heterocycles. The number of amides is 1. The number of thiazole rings is 1. The molecule has 3 aromatic rings. The van der Waals surface area contributed by atoms with Gasteiger partial charge < -0.3 is 20.3 Å². The maximum absolute atomic E-state index is 12.0. The molecule has 0 bridgehead atoms. The first-order valence-corrected chi connectivity index (χ1v) is 12.2. The number of ether oxygens (including phenoxy) is 1. The summed E-state index contributed by atoms with van der Waals surface area (Å²) in [6.07, 6.45) is 4.09. The van der Waals surface area contributed by atoms with Crippen molar-refractivity contribution < 1.29 is 9.53 Å². The summed E-state index contributed by atoms with van der Waals surface area (Å²) in [6, 6.07) is 12.9. The highest BCUT2D eigenvalue weighted by Gasteiger charge is 2.26. The Morgan fingerprint density at radius 1 is 1.27 bits per heavy atom. The molecule has 0 saturated carbocycles. The summed E-state index contributed by atoms with van der Waals surface area (Å²) < 4.78 is 5.90. The van der Waals surface area contributed by atoms with Crippen LogP contribution in [0.15, 0.2) is 42.6 Å². The Kier molecular flexibility index (Phi) is 7.00. The van der Waals surface area contributed by atoms with Crippen LogP contribution in [0.2, 0.25) is 0 Å². The number of anilines is 1. The predicted octanol–water partition coefficient (Wildman–Crippen LogP) is 4.97. The lowest BCUT2D eigenvalue weighted by Crippen LogP contribution is -2.34. The van der Waals surface area contributed by atoms with Crippen molar-refractivity contribution in [3.8, 4) is 26.8 Å². The molecule has 1 amide bonds. The molecule has 2 aromatic carbocycles. The Morgan fingerprint density at radius 3 is 2.82 bits per heavy atom. The van der Waals surface area contributed by atoms with Crippen LogP contribution < -0.4 is 15.4 Å². The number of carbonyl (C=O) groups is 1.